The number of hydrogen-bond donors (Lipinski definition) is 3. The van der Waals surface area contributed by atoms with Gasteiger partial charge in [0.05, 0.1) is 18.8 Å². The molecule has 3 atom stereocenters. The van der Waals surface area contributed by atoms with Gasteiger partial charge in [-0.1, -0.05) is 13.8 Å². The molecule has 0 bridgehead atoms. The van der Waals surface area contributed by atoms with Crippen LogP contribution in [0.15, 0.2) is 0 Å². The van der Waals surface area contributed by atoms with Gasteiger partial charge in [-0.2, -0.15) is 0 Å². The van der Waals surface area contributed by atoms with Crippen LogP contribution < -0.4 is 0 Å². The van der Waals surface area contributed by atoms with E-state index >= 15 is 0 Å². The van der Waals surface area contributed by atoms with Gasteiger partial charge in [-0.05, 0) is 25.2 Å². The molecule has 0 aromatic heterocycles. The van der Waals surface area contributed by atoms with Gasteiger partial charge in [0, 0.05) is 38.1 Å². The number of likely N-dealkylation sites (tertiary alicyclic amines) is 2. The topological polar surface area (TPSA) is 84.2 Å². The first-order valence-electron chi connectivity index (χ1n) is 8.42. The third kappa shape index (κ3) is 4.19. The van der Waals surface area contributed by atoms with Gasteiger partial charge in [0.2, 0.25) is 5.91 Å². The molecule has 2 rings (SSSR count). The third-order valence-electron chi connectivity index (χ3n) is 5.02. The van der Waals surface area contributed by atoms with Crippen molar-refractivity contribution in [3.05, 3.63) is 0 Å². The molecule has 2 aliphatic rings. The quantitative estimate of drug-likeness (QED) is 0.662. The van der Waals surface area contributed by atoms with Gasteiger partial charge in [-0.15, -0.1) is 0 Å². The van der Waals surface area contributed by atoms with Crippen molar-refractivity contribution in [2.24, 2.45) is 11.8 Å². The van der Waals surface area contributed by atoms with E-state index in [0.717, 1.165) is 32.5 Å². The molecule has 2 fully saturated rings. The van der Waals surface area contributed by atoms with E-state index in [9.17, 15) is 20.1 Å². The summed E-state index contributed by atoms with van der Waals surface area (Å²) in [4.78, 5) is 16.0. The number of piperidine rings is 2. The maximum absolute atomic E-state index is 12.0. The Morgan fingerprint density at radius 1 is 1.18 bits per heavy atom. The summed E-state index contributed by atoms with van der Waals surface area (Å²) < 4.78 is 0. The van der Waals surface area contributed by atoms with E-state index in [4.69, 9.17) is 0 Å². The lowest BCUT2D eigenvalue weighted by Crippen LogP contribution is -2.55. The van der Waals surface area contributed by atoms with Gasteiger partial charge in [0.15, 0.2) is 0 Å². The van der Waals surface area contributed by atoms with Crippen LogP contribution in [0.25, 0.3) is 0 Å². The number of aliphatic hydroxyl groups excluding tert-OH is 3. The Kier molecular flexibility index (Phi) is 6.20. The van der Waals surface area contributed by atoms with Crippen molar-refractivity contribution in [2.45, 2.75) is 51.4 Å². The summed E-state index contributed by atoms with van der Waals surface area (Å²) in [5, 5.41) is 29.0. The highest BCUT2D eigenvalue weighted by Crippen LogP contribution is 2.24. The van der Waals surface area contributed by atoms with E-state index in [0.29, 0.717) is 18.9 Å². The minimum atomic E-state index is -0.737. The SMILES string of the molecule is CC(C)C(=O)N1CCC(CN2C[C@H](O)C(O)C[C@@H]2CO)CC1. The molecule has 6 nitrogen and oxygen atoms in total. The largest absolute Gasteiger partial charge is 0.395 e. The lowest BCUT2D eigenvalue weighted by molar-refractivity contribution is -0.136. The molecule has 2 heterocycles. The highest BCUT2D eigenvalue weighted by Gasteiger charge is 2.35. The first-order valence-corrected chi connectivity index (χ1v) is 8.42. The second-order valence-corrected chi connectivity index (χ2v) is 7.08. The smallest absolute Gasteiger partial charge is 0.225 e. The predicted molar refractivity (Wildman–Crippen MR) is 83.2 cm³/mol. The Hall–Kier alpha value is -0.690. The van der Waals surface area contributed by atoms with Crippen molar-refractivity contribution >= 4 is 5.91 Å². The zero-order valence-corrected chi connectivity index (χ0v) is 13.7. The highest BCUT2D eigenvalue weighted by atomic mass is 16.3. The minimum absolute atomic E-state index is 0.00839. The van der Waals surface area contributed by atoms with Crippen LogP contribution in [-0.2, 0) is 4.79 Å². The van der Waals surface area contributed by atoms with Crippen molar-refractivity contribution in [1.82, 2.24) is 9.80 Å². The molecule has 0 aromatic rings. The van der Waals surface area contributed by atoms with Crippen LogP contribution in [0.4, 0.5) is 0 Å². The molecular formula is C16H30N2O4. The van der Waals surface area contributed by atoms with E-state index in [1.165, 1.54) is 0 Å². The molecule has 1 unspecified atom stereocenters. The summed E-state index contributed by atoms with van der Waals surface area (Å²) >= 11 is 0. The fourth-order valence-corrected chi connectivity index (χ4v) is 3.54. The fourth-order valence-electron chi connectivity index (χ4n) is 3.54. The molecule has 0 spiro atoms. The molecule has 1 amide bonds. The fraction of sp³-hybridized carbons (Fsp3) is 0.938. The maximum atomic E-state index is 12.0. The molecule has 2 saturated heterocycles. The van der Waals surface area contributed by atoms with E-state index in [1.54, 1.807) is 0 Å². The number of rotatable bonds is 4. The van der Waals surface area contributed by atoms with Crippen molar-refractivity contribution in [2.75, 3.05) is 32.8 Å². The molecule has 2 aliphatic heterocycles. The summed E-state index contributed by atoms with van der Waals surface area (Å²) in [7, 11) is 0. The average molecular weight is 314 g/mol. The monoisotopic (exact) mass is 314 g/mol. The second kappa shape index (κ2) is 7.73. The molecule has 0 aromatic carbocycles. The van der Waals surface area contributed by atoms with Gasteiger partial charge < -0.3 is 20.2 Å². The van der Waals surface area contributed by atoms with Crippen LogP contribution in [0.5, 0.6) is 0 Å². The molecular weight excluding hydrogens is 284 g/mol. The van der Waals surface area contributed by atoms with Gasteiger partial charge in [0.25, 0.3) is 0 Å². The molecule has 0 saturated carbocycles. The van der Waals surface area contributed by atoms with E-state index in [2.05, 4.69) is 4.90 Å². The predicted octanol–water partition coefficient (Wildman–Crippen LogP) is -0.331. The van der Waals surface area contributed by atoms with Crippen molar-refractivity contribution in [3.8, 4) is 0 Å². The van der Waals surface area contributed by atoms with Crippen LogP contribution in [0.1, 0.15) is 33.1 Å². The van der Waals surface area contributed by atoms with Crippen molar-refractivity contribution in [3.63, 3.8) is 0 Å². The Labute approximate surface area is 132 Å². The number of carbonyl (C=O) groups excluding carboxylic acids is 1. The standard InChI is InChI=1S/C16H30N2O4/c1-11(2)16(22)17-5-3-12(4-6-17)8-18-9-15(21)14(20)7-13(18)10-19/h11-15,19-21H,3-10H2,1-2H3/t13-,14?,15+/m1/s1. The number of carbonyl (C=O) groups is 1. The zero-order chi connectivity index (χ0) is 16.3. The van der Waals surface area contributed by atoms with Crippen molar-refractivity contribution in [1.29, 1.82) is 0 Å². The van der Waals surface area contributed by atoms with E-state index in [1.807, 2.05) is 18.7 Å². The number of β-amino-alcohol motifs (C(OH)–C–C–N with tert-alkyl or cyclic N) is 1. The zero-order valence-electron chi connectivity index (χ0n) is 13.7. The number of amides is 1. The van der Waals surface area contributed by atoms with Gasteiger partial charge in [-0.25, -0.2) is 0 Å². The van der Waals surface area contributed by atoms with Crippen molar-refractivity contribution < 1.29 is 20.1 Å². The lowest BCUT2D eigenvalue weighted by Gasteiger charge is -2.42. The highest BCUT2D eigenvalue weighted by molar-refractivity contribution is 5.78. The normalized spacial score (nSPS) is 31.7. The summed E-state index contributed by atoms with van der Waals surface area (Å²) in [6, 6.07) is -0.0753. The van der Waals surface area contributed by atoms with Crippen LogP contribution in [-0.4, -0.2) is 82.1 Å². The maximum Gasteiger partial charge on any atom is 0.225 e. The van der Waals surface area contributed by atoms with E-state index < -0.39 is 12.2 Å². The second-order valence-electron chi connectivity index (χ2n) is 7.08. The van der Waals surface area contributed by atoms with Gasteiger partial charge in [0.1, 0.15) is 0 Å². The van der Waals surface area contributed by atoms with Crippen LogP contribution in [0.3, 0.4) is 0 Å². The molecule has 128 valence electrons. The molecule has 3 N–H and O–H groups in total. The number of aliphatic hydroxyl groups is 3. The number of nitrogens with zero attached hydrogens (tertiary/aromatic N) is 2. The lowest BCUT2D eigenvalue weighted by atomic mass is 9.91. The summed E-state index contributed by atoms with van der Waals surface area (Å²) in [5.74, 6) is 0.755. The van der Waals surface area contributed by atoms with Crippen LogP contribution in [0.2, 0.25) is 0 Å². The summed E-state index contributed by atoms with van der Waals surface area (Å²) in [6.07, 6.45) is 0.879. The molecule has 0 radical (unpaired) electrons. The Morgan fingerprint density at radius 3 is 2.36 bits per heavy atom. The third-order valence-corrected chi connectivity index (χ3v) is 5.02. The molecule has 0 aliphatic carbocycles. The average Bonchev–Trinajstić information content (AvgIpc) is 2.50. The summed E-state index contributed by atoms with van der Waals surface area (Å²) in [5.41, 5.74) is 0. The number of hydrogen-bond acceptors (Lipinski definition) is 5. The van der Waals surface area contributed by atoms with Crippen LogP contribution in [0, 0.1) is 11.8 Å². The summed E-state index contributed by atoms with van der Waals surface area (Å²) in [6.45, 7) is 6.70. The molecule has 6 heteroatoms. The molecule has 22 heavy (non-hydrogen) atoms. The first kappa shape index (κ1) is 17.7. The van der Waals surface area contributed by atoms with E-state index in [-0.39, 0.29) is 24.5 Å². The van der Waals surface area contributed by atoms with Gasteiger partial charge in [-0.3, -0.25) is 9.69 Å². The Balaban J connectivity index is 1.83. The Bertz CT molecular complexity index is 369. The van der Waals surface area contributed by atoms with Crippen LogP contribution >= 0.6 is 0 Å². The Morgan fingerprint density at radius 2 is 1.82 bits per heavy atom. The van der Waals surface area contributed by atoms with Gasteiger partial charge >= 0.3 is 0 Å². The minimum Gasteiger partial charge on any atom is -0.395 e. The first-order chi connectivity index (χ1) is 10.4.